The number of phenols is 1. The normalized spacial score (nSPS) is 12.9. The van der Waals surface area contributed by atoms with E-state index in [0.29, 0.717) is 5.56 Å². The zero-order valence-electron chi connectivity index (χ0n) is 6.99. The molecule has 0 bridgehead atoms. The third-order valence-corrected chi connectivity index (χ3v) is 1.79. The van der Waals surface area contributed by atoms with Gasteiger partial charge in [0.25, 0.3) is 0 Å². The molecule has 1 atom stereocenters. The van der Waals surface area contributed by atoms with E-state index in [1.54, 1.807) is 12.1 Å². The summed E-state index contributed by atoms with van der Waals surface area (Å²) in [7, 11) is 0. The first-order chi connectivity index (χ1) is 5.65. The first-order valence-electron chi connectivity index (χ1n) is 3.83. The molecule has 0 unspecified atom stereocenters. The maximum atomic E-state index is 9.10. The number of hydrogen-bond donors (Lipinski definition) is 3. The van der Waals surface area contributed by atoms with Crippen LogP contribution in [0.1, 0.15) is 24.1 Å². The van der Waals surface area contributed by atoms with Gasteiger partial charge in [0.15, 0.2) is 0 Å². The molecule has 0 saturated heterocycles. The fourth-order valence-electron chi connectivity index (χ4n) is 1.17. The number of aliphatic hydroxyl groups excluding tert-OH is 1. The highest BCUT2D eigenvalue weighted by atomic mass is 16.3. The van der Waals surface area contributed by atoms with E-state index >= 15 is 0 Å². The maximum Gasteiger partial charge on any atom is 0.115 e. The molecule has 3 nitrogen and oxygen atoms in total. The Labute approximate surface area is 71.5 Å². The summed E-state index contributed by atoms with van der Waals surface area (Å²) < 4.78 is 0. The van der Waals surface area contributed by atoms with Gasteiger partial charge in [0.1, 0.15) is 5.75 Å². The smallest absolute Gasteiger partial charge is 0.115 e. The van der Waals surface area contributed by atoms with E-state index in [1.807, 2.05) is 6.92 Å². The van der Waals surface area contributed by atoms with Crippen LogP contribution in [0.4, 0.5) is 0 Å². The molecule has 0 aliphatic heterocycles. The molecule has 12 heavy (non-hydrogen) atoms. The van der Waals surface area contributed by atoms with Crippen LogP contribution in [0, 0.1) is 0 Å². The van der Waals surface area contributed by atoms with Gasteiger partial charge in [0, 0.05) is 6.04 Å². The van der Waals surface area contributed by atoms with Crippen molar-refractivity contribution < 1.29 is 10.2 Å². The van der Waals surface area contributed by atoms with E-state index < -0.39 is 0 Å². The number of phenolic OH excluding ortho intramolecular Hbond substituents is 1. The number of nitrogens with two attached hydrogens (primary N) is 1. The number of rotatable bonds is 2. The lowest BCUT2D eigenvalue weighted by molar-refractivity contribution is 0.279. The molecule has 0 amide bonds. The summed E-state index contributed by atoms with van der Waals surface area (Å²) >= 11 is 0. The first-order valence-corrected chi connectivity index (χ1v) is 3.83. The molecule has 0 spiro atoms. The van der Waals surface area contributed by atoms with Crippen molar-refractivity contribution in [2.24, 2.45) is 5.73 Å². The molecule has 0 aliphatic carbocycles. The standard InChI is InChI=1S/C9H13NO2/c1-6(10)9-3-2-8(12)4-7(9)5-11/h2-4,6,11-12H,5,10H2,1H3/t6-/m1/s1. The SMILES string of the molecule is C[C@@H](N)c1ccc(O)cc1CO. The number of benzene rings is 1. The molecule has 0 aliphatic rings. The van der Waals surface area contributed by atoms with E-state index in [2.05, 4.69) is 0 Å². The average molecular weight is 167 g/mol. The summed E-state index contributed by atoms with van der Waals surface area (Å²) in [4.78, 5) is 0. The second kappa shape index (κ2) is 3.56. The van der Waals surface area contributed by atoms with Gasteiger partial charge in [-0.3, -0.25) is 0 Å². The third-order valence-electron chi connectivity index (χ3n) is 1.79. The largest absolute Gasteiger partial charge is 0.508 e. The second-order valence-electron chi connectivity index (χ2n) is 2.83. The average Bonchev–Trinajstić information content (AvgIpc) is 2.03. The summed E-state index contributed by atoms with van der Waals surface area (Å²) in [6, 6.07) is 4.70. The number of hydrogen-bond acceptors (Lipinski definition) is 3. The van der Waals surface area contributed by atoms with Crippen LogP contribution >= 0.6 is 0 Å². The minimum Gasteiger partial charge on any atom is -0.508 e. The van der Waals surface area contributed by atoms with Crippen molar-refractivity contribution in [1.82, 2.24) is 0 Å². The van der Waals surface area contributed by atoms with Crippen molar-refractivity contribution in [2.75, 3.05) is 0 Å². The zero-order chi connectivity index (χ0) is 9.14. The summed E-state index contributed by atoms with van der Waals surface area (Å²) in [6.45, 7) is 1.75. The second-order valence-corrected chi connectivity index (χ2v) is 2.83. The minimum absolute atomic E-state index is 0.0920. The highest BCUT2D eigenvalue weighted by Crippen LogP contribution is 2.20. The minimum atomic E-state index is -0.118. The van der Waals surface area contributed by atoms with Crippen LogP contribution in [-0.2, 0) is 6.61 Å². The van der Waals surface area contributed by atoms with Gasteiger partial charge in [-0.15, -0.1) is 0 Å². The molecule has 4 N–H and O–H groups in total. The monoisotopic (exact) mass is 167 g/mol. The van der Waals surface area contributed by atoms with Crippen LogP contribution in [0.25, 0.3) is 0 Å². The van der Waals surface area contributed by atoms with E-state index in [4.69, 9.17) is 15.9 Å². The quantitative estimate of drug-likeness (QED) is 0.613. The predicted octanol–water partition coefficient (Wildman–Crippen LogP) is 0.904. The Bertz CT molecular complexity index is 271. The van der Waals surface area contributed by atoms with Crippen molar-refractivity contribution in [1.29, 1.82) is 0 Å². The Hall–Kier alpha value is -1.06. The molecular weight excluding hydrogens is 154 g/mol. The summed E-state index contributed by atoms with van der Waals surface area (Å²) in [5.74, 6) is 0.156. The summed E-state index contributed by atoms with van der Waals surface area (Å²) in [5.41, 5.74) is 7.20. The fraction of sp³-hybridized carbons (Fsp3) is 0.333. The van der Waals surface area contributed by atoms with Gasteiger partial charge < -0.3 is 15.9 Å². The van der Waals surface area contributed by atoms with Gasteiger partial charge in [-0.2, -0.15) is 0 Å². The molecule has 0 saturated carbocycles. The maximum absolute atomic E-state index is 9.10. The van der Waals surface area contributed by atoms with Crippen molar-refractivity contribution in [3.63, 3.8) is 0 Å². The van der Waals surface area contributed by atoms with Gasteiger partial charge >= 0.3 is 0 Å². The Morgan fingerprint density at radius 3 is 2.67 bits per heavy atom. The third kappa shape index (κ3) is 1.75. The van der Waals surface area contributed by atoms with Crippen LogP contribution in [0.15, 0.2) is 18.2 Å². The van der Waals surface area contributed by atoms with E-state index in [-0.39, 0.29) is 18.4 Å². The lowest BCUT2D eigenvalue weighted by Crippen LogP contribution is -2.08. The van der Waals surface area contributed by atoms with E-state index in [0.717, 1.165) is 5.56 Å². The summed E-state index contributed by atoms with van der Waals surface area (Å²) in [5, 5.41) is 18.0. The fourth-order valence-corrected chi connectivity index (χ4v) is 1.17. The van der Waals surface area contributed by atoms with Crippen molar-refractivity contribution >= 4 is 0 Å². The molecule has 66 valence electrons. The van der Waals surface area contributed by atoms with Gasteiger partial charge in [-0.05, 0) is 30.2 Å². The van der Waals surface area contributed by atoms with Crippen molar-refractivity contribution in [3.8, 4) is 5.75 Å². The Balaban J connectivity index is 3.11. The zero-order valence-corrected chi connectivity index (χ0v) is 6.99. The number of aromatic hydroxyl groups is 1. The predicted molar refractivity (Wildman–Crippen MR) is 46.6 cm³/mol. The van der Waals surface area contributed by atoms with Crippen LogP contribution in [0.5, 0.6) is 5.75 Å². The van der Waals surface area contributed by atoms with Gasteiger partial charge in [0.2, 0.25) is 0 Å². The molecule has 3 heteroatoms. The topological polar surface area (TPSA) is 66.5 Å². The van der Waals surface area contributed by atoms with E-state index in [9.17, 15) is 0 Å². The Kier molecular flexibility index (Phi) is 2.68. The van der Waals surface area contributed by atoms with Gasteiger partial charge in [-0.1, -0.05) is 6.07 Å². The van der Waals surface area contributed by atoms with Crippen LogP contribution in [0.3, 0.4) is 0 Å². The lowest BCUT2D eigenvalue weighted by Gasteiger charge is -2.10. The Morgan fingerprint density at radius 1 is 1.50 bits per heavy atom. The highest BCUT2D eigenvalue weighted by Gasteiger charge is 2.05. The molecule has 0 heterocycles. The van der Waals surface area contributed by atoms with Crippen LogP contribution in [-0.4, -0.2) is 10.2 Å². The highest BCUT2D eigenvalue weighted by molar-refractivity contribution is 5.35. The van der Waals surface area contributed by atoms with Gasteiger partial charge in [-0.25, -0.2) is 0 Å². The molecule has 1 aromatic carbocycles. The lowest BCUT2D eigenvalue weighted by atomic mass is 10.0. The Morgan fingerprint density at radius 2 is 2.17 bits per heavy atom. The molecule has 1 aromatic rings. The molecule has 0 fully saturated rings. The number of aliphatic hydroxyl groups is 1. The first kappa shape index (κ1) is 9.03. The molecule has 0 radical (unpaired) electrons. The molecule has 1 rings (SSSR count). The van der Waals surface area contributed by atoms with Crippen LogP contribution in [0.2, 0.25) is 0 Å². The van der Waals surface area contributed by atoms with Gasteiger partial charge in [0.05, 0.1) is 6.61 Å². The van der Waals surface area contributed by atoms with Crippen LogP contribution < -0.4 is 5.73 Å². The van der Waals surface area contributed by atoms with Crippen molar-refractivity contribution in [3.05, 3.63) is 29.3 Å². The molecular formula is C9H13NO2. The molecule has 0 aromatic heterocycles. The van der Waals surface area contributed by atoms with Crippen molar-refractivity contribution in [2.45, 2.75) is 19.6 Å². The van der Waals surface area contributed by atoms with E-state index in [1.165, 1.54) is 6.07 Å². The summed E-state index contributed by atoms with van der Waals surface area (Å²) in [6.07, 6.45) is 0.